The molecule has 1 aromatic carbocycles. The van der Waals surface area contributed by atoms with Gasteiger partial charge in [-0.3, -0.25) is 0 Å². The summed E-state index contributed by atoms with van der Waals surface area (Å²) in [5, 5.41) is 10.2. The molecule has 0 aliphatic carbocycles. The van der Waals surface area contributed by atoms with Crippen LogP contribution in [0.3, 0.4) is 0 Å². The zero-order valence-electron chi connectivity index (χ0n) is 19.0. The highest BCUT2D eigenvalue weighted by molar-refractivity contribution is 6.32. The van der Waals surface area contributed by atoms with Gasteiger partial charge in [-0.05, 0) is 69.0 Å². The Labute approximate surface area is 196 Å². The molecule has 1 saturated heterocycles. The number of piperidine rings is 1. The van der Waals surface area contributed by atoms with Gasteiger partial charge in [0.15, 0.2) is 5.82 Å². The molecule has 170 valence electrons. The predicted octanol–water partition coefficient (Wildman–Crippen LogP) is 6.34. The highest BCUT2D eigenvalue weighted by atomic mass is 35.5. The van der Waals surface area contributed by atoms with Crippen LogP contribution in [-0.2, 0) is 0 Å². The lowest BCUT2D eigenvalue weighted by atomic mass is 10.0. The molecule has 2 aromatic rings. The van der Waals surface area contributed by atoms with Crippen molar-refractivity contribution in [2.24, 2.45) is 0 Å². The number of allylic oxidation sites excluding steroid dienone is 2. The molecule has 0 amide bonds. The van der Waals surface area contributed by atoms with Crippen LogP contribution in [0.4, 0.5) is 23.1 Å². The van der Waals surface area contributed by atoms with E-state index in [4.69, 9.17) is 16.6 Å². The number of nitrogens with zero attached hydrogens (tertiary/aromatic N) is 3. The Balaban J connectivity index is 1.83. The summed E-state index contributed by atoms with van der Waals surface area (Å²) in [7, 11) is 1.90. The molecular weight excluding hydrogens is 420 g/mol. The van der Waals surface area contributed by atoms with Gasteiger partial charge in [-0.25, -0.2) is 4.98 Å². The maximum atomic E-state index is 6.42. The summed E-state index contributed by atoms with van der Waals surface area (Å²) < 4.78 is 0. The molecule has 0 saturated carbocycles. The minimum atomic E-state index is 0.498. The zero-order chi connectivity index (χ0) is 22.9. The average molecular weight is 453 g/mol. The van der Waals surface area contributed by atoms with Gasteiger partial charge in [0.2, 0.25) is 5.95 Å². The molecule has 0 atom stereocenters. The largest absolute Gasteiger partial charge is 0.392 e. The number of benzene rings is 1. The molecule has 7 heteroatoms. The molecule has 0 radical (unpaired) electrons. The molecular formula is C25H33ClN6. The van der Waals surface area contributed by atoms with Gasteiger partial charge in [0.1, 0.15) is 5.02 Å². The molecule has 1 fully saturated rings. The van der Waals surface area contributed by atoms with Gasteiger partial charge >= 0.3 is 0 Å². The third-order valence-electron chi connectivity index (χ3n) is 5.52. The highest BCUT2D eigenvalue weighted by Gasteiger charge is 2.15. The second kappa shape index (κ2) is 11.6. The first-order valence-electron chi connectivity index (χ1n) is 11.1. The van der Waals surface area contributed by atoms with E-state index in [0.717, 1.165) is 54.5 Å². The summed E-state index contributed by atoms with van der Waals surface area (Å²) >= 11 is 6.42. The Kier molecular flexibility index (Phi) is 8.56. The van der Waals surface area contributed by atoms with E-state index in [0.29, 0.717) is 10.8 Å². The van der Waals surface area contributed by atoms with E-state index < -0.39 is 0 Å². The van der Waals surface area contributed by atoms with Gasteiger partial charge in [0.25, 0.3) is 0 Å². The monoisotopic (exact) mass is 452 g/mol. The van der Waals surface area contributed by atoms with Gasteiger partial charge in [0, 0.05) is 37.2 Å². The van der Waals surface area contributed by atoms with E-state index in [1.165, 1.54) is 24.8 Å². The average Bonchev–Trinajstić information content (AvgIpc) is 2.81. The van der Waals surface area contributed by atoms with Crippen molar-refractivity contribution >= 4 is 40.8 Å². The van der Waals surface area contributed by atoms with E-state index in [1.807, 2.05) is 19.2 Å². The summed E-state index contributed by atoms with van der Waals surface area (Å²) in [5.74, 6) is 1.34. The molecule has 3 rings (SSSR count). The van der Waals surface area contributed by atoms with E-state index in [9.17, 15) is 0 Å². The number of hydrogen-bond donors (Lipinski definition) is 3. The number of hydrogen-bond acceptors (Lipinski definition) is 6. The van der Waals surface area contributed by atoms with Crippen molar-refractivity contribution in [2.45, 2.75) is 39.0 Å². The lowest BCUT2D eigenvalue weighted by Gasteiger charge is -2.27. The minimum absolute atomic E-state index is 0.498. The van der Waals surface area contributed by atoms with Crippen molar-refractivity contribution < 1.29 is 0 Å². The third kappa shape index (κ3) is 6.50. The van der Waals surface area contributed by atoms with Crippen LogP contribution in [0.1, 0.15) is 44.6 Å². The number of aromatic nitrogens is 2. The van der Waals surface area contributed by atoms with Crippen LogP contribution in [0.25, 0.3) is 6.08 Å². The first kappa shape index (κ1) is 23.7. The Morgan fingerprint density at radius 3 is 2.72 bits per heavy atom. The van der Waals surface area contributed by atoms with Gasteiger partial charge in [-0.2, -0.15) is 4.98 Å². The second-order valence-electron chi connectivity index (χ2n) is 8.03. The first-order chi connectivity index (χ1) is 15.5. The summed E-state index contributed by atoms with van der Waals surface area (Å²) in [4.78, 5) is 11.4. The summed E-state index contributed by atoms with van der Waals surface area (Å²) in [6.07, 6.45) is 11.0. The summed E-state index contributed by atoms with van der Waals surface area (Å²) in [6.45, 7) is 11.9. The normalized spacial score (nSPS) is 14.1. The van der Waals surface area contributed by atoms with Crippen LogP contribution in [-0.4, -0.2) is 30.1 Å². The second-order valence-corrected chi connectivity index (χ2v) is 8.44. The van der Waals surface area contributed by atoms with Crippen LogP contribution in [0.15, 0.2) is 55.0 Å². The minimum Gasteiger partial charge on any atom is -0.392 e. The maximum Gasteiger partial charge on any atom is 0.227 e. The highest BCUT2D eigenvalue weighted by Crippen LogP contribution is 2.29. The Morgan fingerprint density at radius 2 is 2.00 bits per heavy atom. The predicted molar refractivity (Wildman–Crippen MR) is 138 cm³/mol. The van der Waals surface area contributed by atoms with Gasteiger partial charge in [-0.1, -0.05) is 36.4 Å². The molecule has 1 aromatic heterocycles. The molecule has 2 heterocycles. The van der Waals surface area contributed by atoms with E-state index in [2.05, 4.69) is 58.1 Å². The van der Waals surface area contributed by atoms with Crippen molar-refractivity contribution in [3.05, 3.63) is 65.6 Å². The molecule has 3 N–H and O–H groups in total. The molecule has 6 nitrogen and oxygen atoms in total. The number of anilines is 4. The van der Waals surface area contributed by atoms with Crippen molar-refractivity contribution in [1.82, 2.24) is 15.3 Å². The fraction of sp³-hybridized carbons (Fsp3) is 0.360. The van der Waals surface area contributed by atoms with Crippen molar-refractivity contribution in [3.8, 4) is 0 Å². The smallest absolute Gasteiger partial charge is 0.227 e. The first-order valence-corrected chi connectivity index (χ1v) is 11.5. The molecule has 0 spiro atoms. The lowest BCUT2D eigenvalue weighted by molar-refractivity contribution is 0.568. The van der Waals surface area contributed by atoms with Crippen LogP contribution in [0.2, 0.25) is 5.02 Å². The molecule has 0 unspecified atom stereocenters. The van der Waals surface area contributed by atoms with E-state index in [-0.39, 0.29) is 0 Å². The topological polar surface area (TPSA) is 65.1 Å². The summed E-state index contributed by atoms with van der Waals surface area (Å²) in [6, 6.07) is 6.11. The molecule has 1 aliphatic heterocycles. The molecule has 32 heavy (non-hydrogen) atoms. The molecule has 0 bridgehead atoms. The Hall–Kier alpha value is -2.99. The fourth-order valence-corrected chi connectivity index (χ4v) is 3.78. The van der Waals surface area contributed by atoms with E-state index in [1.54, 1.807) is 12.4 Å². The van der Waals surface area contributed by atoms with Crippen LogP contribution in [0, 0.1) is 0 Å². The third-order valence-corrected chi connectivity index (χ3v) is 5.80. The van der Waals surface area contributed by atoms with Crippen LogP contribution < -0.4 is 20.9 Å². The number of rotatable bonds is 10. The Morgan fingerprint density at radius 1 is 1.22 bits per heavy atom. The lowest BCUT2D eigenvalue weighted by Crippen LogP contribution is -2.31. The maximum absolute atomic E-state index is 6.42. The Bertz CT molecular complexity index is 978. The number of halogens is 1. The molecule has 1 aliphatic rings. The van der Waals surface area contributed by atoms with Crippen molar-refractivity contribution in [2.75, 3.05) is 35.7 Å². The van der Waals surface area contributed by atoms with Gasteiger partial charge < -0.3 is 20.9 Å². The van der Waals surface area contributed by atoms with Crippen LogP contribution in [0.5, 0.6) is 0 Å². The van der Waals surface area contributed by atoms with Crippen molar-refractivity contribution in [1.29, 1.82) is 0 Å². The van der Waals surface area contributed by atoms with Gasteiger partial charge in [-0.15, -0.1) is 0 Å². The quantitative estimate of drug-likeness (QED) is 0.391. The fourth-order valence-electron chi connectivity index (χ4n) is 3.64. The summed E-state index contributed by atoms with van der Waals surface area (Å²) in [5.41, 5.74) is 5.24. The zero-order valence-corrected chi connectivity index (χ0v) is 19.8. The SMILES string of the molecule is C=CNc1ccc(Nc2nc(N3CCCCC3)ncc2Cl)cc1/C=C(\C)CCC(=C)NC. The number of nitrogens with one attached hydrogen (secondary N) is 3. The van der Waals surface area contributed by atoms with Gasteiger partial charge in [0.05, 0.1) is 6.20 Å². The van der Waals surface area contributed by atoms with E-state index >= 15 is 0 Å². The standard InChI is InChI=1S/C25H33ClN6/c1-5-28-23-12-11-21(16-20(23)15-18(2)9-10-19(3)27-4)30-24-22(26)17-29-25(31-24)32-13-7-6-8-14-32/h5,11-12,15-17,27-28H,1,3,6-10,13-14H2,2,4H3,(H,29,30,31)/b18-15+. The van der Waals surface area contributed by atoms with Crippen molar-refractivity contribution in [3.63, 3.8) is 0 Å². The van der Waals surface area contributed by atoms with Crippen LogP contribution >= 0.6 is 11.6 Å².